The molecule has 3 aromatic rings. The molecule has 31 heavy (non-hydrogen) atoms. The number of ether oxygens (including phenoxy) is 2. The highest BCUT2D eigenvalue weighted by molar-refractivity contribution is 6.32. The van der Waals surface area contributed by atoms with Crippen LogP contribution in [0.5, 0.6) is 5.75 Å². The van der Waals surface area contributed by atoms with E-state index >= 15 is 0 Å². The third-order valence-electron chi connectivity index (χ3n) is 4.65. The number of rotatable bonds is 7. The van der Waals surface area contributed by atoms with Crippen molar-refractivity contribution in [2.75, 3.05) is 0 Å². The van der Waals surface area contributed by atoms with Crippen LogP contribution in [0.1, 0.15) is 39.0 Å². The van der Waals surface area contributed by atoms with Gasteiger partial charge in [0, 0.05) is 28.8 Å². The van der Waals surface area contributed by atoms with Gasteiger partial charge in [0.05, 0.1) is 5.56 Å². The lowest BCUT2D eigenvalue weighted by molar-refractivity contribution is -0.0498. The highest BCUT2D eigenvalue weighted by Crippen LogP contribution is 2.25. The van der Waals surface area contributed by atoms with E-state index in [1.807, 2.05) is 0 Å². The van der Waals surface area contributed by atoms with Crippen molar-refractivity contribution in [1.82, 2.24) is 9.55 Å². The van der Waals surface area contributed by atoms with E-state index < -0.39 is 18.7 Å². The first-order chi connectivity index (χ1) is 14.7. The van der Waals surface area contributed by atoms with Crippen LogP contribution in [0.4, 0.5) is 8.78 Å². The lowest BCUT2D eigenvalue weighted by Gasteiger charge is -2.14. The summed E-state index contributed by atoms with van der Waals surface area (Å²) < 4.78 is 36.1. The molecule has 0 N–H and O–H groups in total. The van der Waals surface area contributed by atoms with Crippen LogP contribution in [0, 0.1) is 13.8 Å². The second kappa shape index (κ2) is 9.26. The fourth-order valence-corrected chi connectivity index (χ4v) is 3.42. The number of aryl methyl sites for hydroxylation is 1. The predicted octanol–water partition coefficient (Wildman–Crippen LogP) is 5.17. The Kier molecular flexibility index (Phi) is 6.70. The molecule has 0 aliphatic heterocycles. The van der Waals surface area contributed by atoms with Crippen molar-refractivity contribution < 1.29 is 27.8 Å². The number of hydrogen-bond acceptors (Lipinski definition) is 5. The zero-order chi connectivity index (χ0) is 22.7. The molecule has 0 spiro atoms. The molecule has 162 valence electrons. The Morgan fingerprint density at radius 3 is 2.39 bits per heavy atom. The Bertz CT molecular complexity index is 1110. The van der Waals surface area contributed by atoms with Crippen molar-refractivity contribution in [2.24, 2.45) is 0 Å². The van der Waals surface area contributed by atoms with Crippen molar-refractivity contribution >= 4 is 23.4 Å². The standard InChI is InChI=1S/C22H19ClF2N2O4/c1-12-11-18(13(2)27(12)15-6-8-16(9-7-15)31-22(24)25)19(28)14(3)30-21(29)17-5-4-10-26-20(17)23/h4-11,14,22H,1-3H3/t14-/m1/s1. The number of Topliss-reactive ketones (excluding diaryl/α,β-unsaturated/α-hetero) is 1. The van der Waals surface area contributed by atoms with Crippen molar-refractivity contribution in [3.05, 3.63) is 76.3 Å². The molecule has 0 bridgehead atoms. The SMILES string of the molecule is Cc1cc(C(=O)[C@@H](C)OC(=O)c2cccnc2Cl)c(C)n1-c1ccc(OC(F)F)cc1. The summed E-state index contributed by atoms with van der Waals surface area (Å²) in [5.41, 5.74) is 2.48. The first-order valence-electron chi connectivity index (χ1n) is 9.29. The van der Waals surface area contributed by atoms with Crippen molar-refractivity contribution in [2.45, 2.75) is 33.5 Å². The quantitative estimate of drug-likeness (QED) is 0.283. The number of pyridine rings is 1. The average Bonchev–Trinajstić information content (AvgIpc) is 3.02. The number of halogens is 3. The Morgan fingerprint density at radius 1 is 1.10 bits per heavy atom. The maximum atomic E-state index is 12.9. The number of carbonyl (C=O) groups is 2. The smallest absolute Gasteiger partial charge is 0.387 e. The molecule has 3 rings (SSSR count). The van der Waals surface area contributed by atoms with Gasteiger partial charge in [0.25, 0.3) is 0 Å². The van der Waals surface area contributed by atoms with Gasteiger partial charge in [-0.15, -0.1) is 0 Å². The van der Waals surface area contributed by atoms with Crippen molar-refractivity contribution in [1.29, 1.82) is 0 Å². The van der Waals surface area contributed by atoms with Crippen molar-refractivity contribution in [3.8, 4) is 11.4 Å². The van der Waals surface area contributed by atoms with E-state index in [1.165, 1.54) is 31.3 Å². The van der Waals surface area contributed by atoms with Gasteiger partial charge in [0.2, 0.25) is 5.78 Å². The van der Waals surface area contributed by atoms with E-state index in [2.05, 4.69) is 9.72 Å². The van der Waals surface area contributed by atoms with Crippen molar-refractivity contribution in [3.63, 3.8) is 0 Å². The maximum Gasteiger partial charge on any atom is 0.387 e. The monoisotopic (exact) mass is 448 g/mol. The van der Waals surface area contributed by atoms with E-state index in [4.69, 9.17) is 16.3 Å². The number of aromatic nitrogens is 2. The molecule has 0 saturated carbocycles. The minimum Gasteiger partial charge on any atom is -0.451 e. The molecule has 0 fully saturated rings. The molecule has 0 saturated heterocycles. The summed E-state index contributed by atoms with van der Waals surface area (Å²) >= 11 is 5.90. The zero-order valence-electron chi connectivity index (χ0n) is 16.9. The van der Waals surface area contributed by atoms with E-state index in [0.29, 0.717) is 16.9 Å². The summed E-state index contributed by atoms with van der Waals surface area (Å²) in [4.78, 5) is 29.1. The number of benzene rings is 1. The van der Waals surface area contributed by atoms with Gasteiger partial charge in [-0.2, -0.15) is 8.78 Å². The number of carbonyl (C=O) groups excluding carboxylic acids is 2. The predicted molar refractivity (Wildman–Crippen MR) is 110 cm³/mol. The van der Waals surface area contributed by atoms with Crippen LogP contribution >= 0.6 is 11.6 Å². The van der Waals surface area contributed by atoms with Crippen LogP contribution in [-0.2, 0) is 4.74 Å². The summed E-state index contributed by atoms with van der Waals surface area (Å²) in [5, 5.41) is -0.00963. The molecular weight excluding hydrogens is 430 g/mol. The normalized spacial score (nSPS) is 12.0. The second-order valence-corrected chi connectivity index (χ2v) is 7.10. The highest BCUT2D eigenvalue weighted by Gasteiger charge is 2.25. The van der Waals surface area contributed by atoms with Gasteiger partial charge in [-0.25, -0.2) is 9.78 Å². The van der Waals surface area contributed by atoms with E-state index in [9.17, 15) is 18.4 Å². The van der Waals surface area contributed by atoms with Gasteiger partial charge in [0.15, 0.2) is 6.10 Å². The van der Waals surface area contributed by atoms with Gasteiger partial charge in [0.1, 0.15) is 10.9 Å². The minimum absolute atomic E-state index is 0.00963. The third-order valence-corrected chi connectivity index (χ3v) is 4.95. The first-order valence-corrected chi connectivity index (χ1v) is 9.66. The van der Waals surface area contributed by atoms with E-state index in [-0.39, 0.29) is 22.2 Å². The molecule has 0 unspecified atom stereocenters. The number of alkyl halides is 2. The summed E-state index contributed by atoms with van der Waals surface area (Å²) in [6, 6.07) is 10.7. The Morgan fingerprint density at radius 2 is 1.77 bits per heavy atom. The zero-order valence-corrected chi connectivity index (χ0v) is 17.7. The molecule has 1 aromatic carbocycles. The van der Waals surface area contributed by atoms with Crippen LogP contribution in [0.3, 0.4) is 0 Å². The molecule has 0 amide bonds. The van der Waals surface area contributed by atoms with Gasteiger partial charge in [-0.05, 0) is 63.2 Å². The Hall–Kier alpha value is -3.26. The minimum atomic E-state index is -2.91. The van der Waals surface area contributed by atoms with Crippen LogP contribution in [0.25, 0.3) is 5.69 Å². The number of hydrogen-bond donors (Lipinski definition) is 0. The molecule has 0 aliphatic carbocycles. The molecule has 1 atom stereocenters. The summed E-state index contributed by atoms with van der Waals surface area (Å²) in [6.07, 6.45) is 0.383. The molecule has 0 radical (unpaired) electrons. The summed E-state index contributed by atoms with van der Waals surface area (Å²) in [5.74, 6) is -1.10. The maximum absolute atomic E-state index is 12.9. The number of esters is 1. The lowest BCUT2D eigenvalue weighted by Crippen LogP contribution is -2.25. The molecule has 2 heterocycles. The van der Waals surface area contributed by atoms with E-state index in [0.717, 1.165) is 5.69 Å². The first kappa shape index (κ1) is 22.4. The second-order valence-electron chi connectivity index (χ2n) is 6.75. The number of nitrogens with zero attached hydrogens (tertiary/aromatic N) is 2. The molecule has 2 aromatic heterocycles. The van der Waals surface area contributed by atoms with Crippen LogP contribution in [0.15, 0.2) is 48.7 Å². The van der Waals surface area contributed by atoms with Crippen LogP contribution < -0.4 is 4.74 Å². The Balaban J connectivity index is 1.81. The van der Waals surface area contributed by atoms with Gasteiger partial charge in [-0.3, -0.25) is 4.79 Å². The summed E-state index contributed by atoms with van der Waals surface area (Å²) in [6.45, 7) is 2.12. The summed E-state index contributed by atoms with van der Waals surface area (Å²) in [7, 11) is 0. The Labute approximate surface area is 182 Å². The van der Waals surface area contributed by atoms with Gasteiger partial charge < -0.3 is 14.0 Å². The largest absolute Gasteiger partial charge is 0.451 e. The third kappa shape index (κ3) is 4.91. The van der Waals surface area contributed by atoms with Gasteiger partial charge in [-0.1, -0.05) is 11.6 Å². The molecule has 0 aliphatic rings. The molecule has 6 nitrogen and oxygen atoms in total. The average molecular weight is 449 g/mol. The lowest BCUT2D eigenvalue weighted by atomic mass is 10.1. The fourth-order valence-electron chi connectivity index (χ4n) is 3.22. The van der Waals surface area contributed by atoms with E-state index in [1.54, 1.807) is 42.7 Å². The van der Waals surface area contributed by atoms with Crippen LogP contribution in [-0.4, -0.2) is 34.0 Å². The molecular formula is C22H19ClF2N2O4. The highest BCUT2D eigenvalue weighted by atomic mass is 35.5. The van der Waals surface area contributed by atoms with Crippen LogP contribution in [0.2, 0.25) is 5.15 Å². The number of ketones is 1. The van der Waals surface area contributed by atoms with Gasteiger partial charge >= 0.3 is 12.6 Å². The topological polar surface area (TPSA) is 70.4 Å². The fraction of sp³-hybridized carbons (Fsp3) is 0.227. The molecule has 9 heteroatoms.